The van der Waals surface area contributed by atoms with Gasteiger partial charge in [0, 0.05) is 38.4 Å². The van der Waals surface area contributed by atoms with Crippen molar-refractivity contribution >= 4 is 27.5 Å². The summed E-state index contributed by atoms with van der Waals surface area (Å²) in [5, 5.41) is 9.95. The average molecular weight is 429 g/mol. The molecule has 4 rings (SSSR count). The summed E-state index contributed by atoms with van der Waals surface area (Å²) in [6.07, 6.45) is 3.23. The molecule has 3 aromatic rings. The Morgan fingerprint density at radius 1 is 1.00 bits per heavy atom. The number of sulfonamides is 1. The summed E-state index contributed by atoms with van der Waals surface area (Å²) < 4.78 is 27.6. The number of aromatic amines is 1. The van der Waals surface area contributed by atoms with Crippen LogP contribution in [-0.2, 0) is 10.0 Å². The zero-order chi connectivity index (χ0) is 21.3. The highest BCUT2D eigenvalue weighted by Gasteiger charge is 2.32. The molecule has 1 saturated heterocycles. The van der Waals surface area contributed by atoms with Crippen LogP contribution in [0.5, 0.6) is 0 Å². The zero-order valence-corrected chi connectivity index (χ0v) is 17.9. The molecule has 0 aliphatic carbocycles. The van der Waals surface area contributed by atoms with Crippen molar-refractivity contribution < 1.29 is 8.42 Å². The van der Waals surface area contributed by atoms with E-state index < -0.39 is 10.0 Å². The molecule has 1 aliphatic rings. The van der Waals surface area contributed by atoms with Crippen molar-refractivity contribution in [1.29, 1.82) is 0 Å². The molecule has 4 heterocycles. The molecule has 0 unspecified atom stereocenters. The number of nitrogens with one attached hydrogen (secondary N) is 2. The van der Waals surface area contributed by atoms with Crippen LogP contribution in [0.25, 0.3) is 0 Å². The summed E-state index contributed by atoms with van der Waals surface area (Å²) in [5.41, 5.74) is 2.15. The molecule has 1 aliphatic heterocycles. The average Bonchev–Trinajstić information content (AvgIpc) is 3.07. The number of piperazine rings is 1. The highest BCUT2D eigenvalue weighted by atomic mass is 32.2. The largest absolute Gasteiger partial charge is 0.354 e. The van der Waals surface area contributed by atoms with Gasteiger partial charge in [-0.15, -0.1) is 0 Å². The Morgan fingerprint density at radius 2 is 1.73 bits per heavy atom. The maximum absolute atomic E-state index is 13.0. The van der Waals surface area contributed by atoms with E-state index in [2.05, 4.69) is 35.4 Å². The fourth-order valence-electron chi connectivity index (χ4n) is 3.53. The predicted octanol–water partition coefficient (Wildman–Crippen LogP) is 1.77. The Bertz CT molecular complexity index is 1130. The molecule has 2 N–H and O–H groups in total. The number of anilines is 3. The predicted molar refractivity (Wildman–Crippen MR) is 113 cm³/mol. The number of nitrogens with zero attached hydrogens (tertiary/aromatic N) is 6. The first kappa shape index (κ1) is 20.2. The molecule has 10 nitrogen and oxygen atoms in total. The third kappa shape index (κ3) is 3.98. The minimum absolute atomic E-state index is 0.273. The summed E-state index contributed by atoms with van der Waals surface area (Å²) in [5.74, 6) is 2.09. The van der Waals surface area contributed by atoms with E-state index in [9.17, 15) is 8.42 Å². The van der Waals surface area contributed by atoms with Crippen molar-refractivity contribution in [3.8, 4) is 0 Å². The smallest absolute Gasteiger partial charge is 0.246 e. The number of pyridine rings is 1. The molecule has 30 heavy (non-hydrogen) atoms. The van der Waals surface area contributed by atoms with Gasteiger partial charge in [-0.3, -0.25) is 5.10 Å². The van der Waals surface area contributed by atoms with E-state index in [0.29, 0.717) is 49.2 Å². The Kier molecular flexibility index (Phi) is 5.39. The number of hydrogen-bond donors (Lipinski definition) is 2. The molecule has 0 bridgehead atoms. The highest BCUT2D eigenvalue weighted by Crippen LogP contribution is 2.24. The van der Waals surface area contributed by atoms with Crippen molar-refractivity contribution in [3.05, 3.63) is 47.7 Å². The molecule has 0 radical (unpaired) electrons. The lowest BCUT2D eigenvalue weighted by Gasteiger charge is -2.34. The van der Waals surface area contributed by atoms with Gasteiger partial charge in [0.15, 0.2) is 0 Å². The highest BCUT2D eigenvalue weighted by molar-refractivity contribution is 7.89. The molecule has 3 aromatic heterocycles. The van der Waals surface area contributed by atoms with E-state index in [-0.39, 0.29) is 4.90 Å². The first-order chi connectivity index (χ1) is 14.3. The standard InChI is InChI=1S/C19H24N8O2S/c1-13-4-5-20-16(10-13)23-17-11-18(22-12-21-17)26-6-8-27(9-7-26)30(28,29)19-14(2)24-25-15(19)3/h4-5,10-12H,6-9H2,1-3H3,(H,24,25)(H,20,21,22,23). The van der Waals surface area contributed by atoms with Crippen molar-refractivity contribution in [1.82, 2.24) is 29.5 Å². The van der Waals surface area contributed by atoms with Gasteiger partial charge in [0.05, 0.1) is 11.4 Å². The topological polar surface area (TPSA) is 120 Å². The van der Waals surface area contributed by atoms with Crippen molar-refractivity contribution in [2.75, 3.05) is 36.4 Å². The third-order valence-corrected chi connectivity index (χ3v) is 7.21. The second kappa shape index (κ2) is 8.00. The van der Waals surface area contributed by atoms with E-state index in [4.69, 9.17) is 0 Å². The second-order valence-corrected chi connectivity index (χ2v) is 9.13. The molecular weight excluding hydrogens is 404 g/mol. The minimum atomic E-state index is -3.58. The van der Waals surface area contributed by atoms with Crippen LogP contribution in [0.4, 0.5) is 17.5 Å². The number of hydrogen-bond acceptors (Lipinski definition) is 8. The van der Waals surface area contributed by atoms with Crippen LogP contribution >= 0.6 is 0 Å². The number of rotatable bonds is 5. The van der Waals surface area contributed by atoms with Crippen LogP contribution in [0.3, 0.4) is 0 Å². The SMILES string of the molecule is Cc1ccnc(Nc2cc(N3CCN(S(=O)(=O)c4c(C)n[nH]c4C)CC3)ncn2)c1. The molecule has 0 atom stereocenters. The maximum Gasteiger partial charge on any atom is 0.246 e. The van der Waals surface area contributed by atoms with E-state index in [1.807, 2.05) is 25.1 Å². The summed E-state index contributed by atoms with van der Waals surface area (Å²) in [6.45, 7) is 7.24. The summed E-state index contributed by atoms with van der Waals surface area (Å²) >= 11 is 0. The molecule has 0 spiro atoms. The van der Waals surface area contributed by atoms with Crippen LogP contribution in [0.2, 0.25) is 0 Å². The van der Waals surface area contributed by atoms with Crippen molar-refractivity contribution in [2.45, 2.75) is 25.7 Å². The van der Waals surface area contributed by atoms with Crippen molar-refractivity contribution in [2.24, 2.45) is 0 Å². The van der Waals surface area contributed by atoms with Crippen LogP contribution < -0.4 is 10.2 Å². The lowest BCUT2D eigenvalue weighted by molar-refractivity contribution is 0.383. The van der Waals surface area contributed by atoms with Gasteiger partial charge in [0.1, 0.15) is 28.7 Å². The first-order valence-electron chi connectivity index (χ1n) is 9.63. The van der Waals surface area contributed by atoms with Gasteiger partial charge in [-0.1, -0.05) is 0 Å². The Hall–Kier alpha value is -3.05. The Balaban J connectivity index is 1.46. The zero-order valence-electron chi connectivity index (χ0n) is 17.1. The van der Waals surface area contributed by atoms with Crippen LogP contribution in [0.15, 0.2) is 35.6 Å². The quantitative estimate of drug-likeness (QED) is 0.631. The molecule has 0 amide bonds. The van der Waals surface area contributed by atoms with E-state index in [1.54, 1.807) is 20.0 Å². The van der Waals surface area contributed by atoms with Gasteiger partial charge in [-0.2, -0.15) is 9.40 Å². The minimum Gasteiger partial charge on any atom is -0.354 e. The monoisotopic (exact) mass is 428 g/mol. The van der Waals surface area contributed by atoms with E-state index >= 15 is 0 Å². The third-order valence-electron chi connectivity index (χ3n) is 5.05. The molecule has 0 aromatic carbocycles. The lowest BCUT2D eigenvalue weighted by Crippen LogP contribution is -2.49. The molecular formula is C19H24N8O2S. The van der Waals surface area contributed by atoms with Gasteiger partial charge in [-0.05, 0) is 38.5 Å². The Labute approximate surface area is 175 Å². The lowest BCUT2D eigenvalue weighted by atomic mass is 10.3. The van der Waals surface area contributed by atoms with Crippen LogP contribution in [0, 0.1) is 20.8 Å². The van der Waals surface area contributed by atoms with Gasteiger partial charge in [-0.25, -0.2) is 23.4 Å². The number of aryl methyl sites for hydroxylation is 3. The molecule has 158 valence electrons. The molecule has 11 heteroatoms. The first-order valence-corrected chi connectivity index (χ1v) is 11.1. The van der Waals surface area contributed by atoms with Crippen molar-refractivity contribution in [3.63, 3.8) is 0 Å². The summed E-state index contributed by atoms with van der Waals surface area (Å²) in [6, 6.07) is 5.71. The van der Waals surface area contributed by atoms with Crippen LogP contribution in [0.1, 0.15) is 17.0 Å². The van der Waals surface area contributed by atoms with Gasteiger partial charge in [0.25, 0.3) is 0 Å². The summed E-state index contributed by atoms with van der Waals surface area (Å²) in [4.78, 5) is 15.2. The van der Waals surface area contributed by atoms with Gasteiger partial charge >= 0.3 is 0 Å². The van der Waals surface area contributed by atoms with Gasteiger partial charge < -0.3 is 10.2 Å². The Morgan fingerprint density at radius 3 is 2.40 bits per heavy atom. The fraction of sp³-hybridized carbons (Fsp3) is 0.368. The number of aromatic nitrogens is 5. The summed E-state index contributed by atoms with van der Waals surface area (Å²) in [7, 11) is -3.58. The fourth-order valence-corrected chi connectivity index (χ4v) is 5.29. The molecule has 1 fully saturated rings. The maximum atomic E-state index is 13.0. The van der Waals surface area contributed by atoms with E-state index in [1.165, 1.54) is 10.6 Å². The normalized spacial score (nSPS) is 15.4. The van der Waals surface area contributed by atoms with E-state index in [0.717, 1.165) is 11.4 Å². The van der Waals surface area contributed by atoms with Gasteiger partial charge in [0.2, 0.25) is 10.0 Å². The molecule has 0 saturated carbocycles. The number of H-pyrrole nitrogens is 1. The second-order valence-electron chi connectivity index (χ2n) is 7.26. The van der Waals surface area contributed by atoms with Crippen LogP contribution in [-0.4, -0.2) is 64.1 Å².